The number of thiophene rings is 1. The Morgan fingerprint density at radius 2 is 2.19 bits per heavy atom. The van der Waals surface area contributed by atoms with Crippen LogP contribution in [0.3, 0.4) is 0 Å². The van der Waals surface area contributed by atoms with Gasteiger partial charge < -0.3 is 29.7 Å². The van der Waals surface area contributed by atoms with Crippen molar-refractivity contribution in [3.05, 3.63) is 39.5 Å². The first-order chi connectivity index (χ1) is 15.4. The summed E-state index contributed by atoms with van der Waals surface area (Å²) < 4.78 is 25.6. The van der Waals surface area contributed by atoms with Crippen molar-refractivity contribution in [3.8, 4) is 5.75 Å². The van der Waals surface area contributed by atoms with E-state index in [9.17, 15) is 19.1 Å². The maximum Gasteiger partial charge on any atom is 0.261 e. The van der Waals surface area contributed by atoms with Gasteiger partial charge in [0.25, 0.3) is 5.91 Å². The average Bonchev–Trinajstić information content (AvgIpc) is 3.35. The number of benzene rings is 1. The minimum Gasteiger partial charge on any atom is -0.489 e. The highest BCUT2D eigenvalue weighted by molar-refractivity contribution is 7.18. The van der Waals surface area contributed by atoms with Gasteiger partial charge in [0, 0.05) is 24.8 Å². The van der Waals surface area contributed by atoms with Crippen LogP contribution in [0.1, 0.15) is 22.5 Å². The van der Waals surface area contributed by atoms with E-state index in [-0.39, 0.29) is 37.4 Å². The van der Waals surface area contributed by atoms with E-state index in [2.05, 4.69) is 5.32 Å². The molecule has 3 aliphatic heterocycles. The zero-order valence-electron chi connectivity index (χ0n) is 16.9. The van der Waals surface area contributed by atoms with Gasteiger partial charge in [0.05, 0.1) is 27.4 Å². The van der Waals surface area contributed by atoms with Gasteiger partial charge in [-0.05, 0) is 30.7 Å². The van der Waals surface area contributed by atoms with E-state index in [1.807, 2.05) is 0 Å². The molecule has 5 rings (SSSR count). The molecule has 1 aromatic carbocycles. The molecule has 0 spiro atoms. The highest BCUT2D eigenvalue weighted by Crippen LogP contribution is 2.42. The molecule has 2 aromatic rings. The van der Waals surface area contributed by atoms with Crippen LogP contribution in [0.2, 0.25) is 4.34 Å². The third kappa shape index (κ3) is 3.92. The molecule has 2 fully saturated rings. The predicted molar refractivity (Wildman–Crippen MR) is 117 cm³/mol. The van der Waals surface area contributed by atoms with E-state index in [1.165, 1.54) is 11.3 Å². The van der Waals surface area contributed by atoms with Crippen molar-refractivity contribution in [2.45, 2.75) is 37.6 Å². The molecule has 2 amide bonds. The van der Waals surface area contributed by atoms with E-state index in [0.717, 1.165) is 0 Å². The van der Waals surface area contributed by atoms with Gasteiger partial charge in [0.2, 0.25) is 12.3 Å². The van der Waals surface area contributed by atoms with Crippen LogP contribution in [0, 0.1) is 0 Å². The quantitative estimate of drug-likeness (QED) is 0.697. The fraction of sp³-hybridized carbons (Fsp3) is 0.429. The number of hydrogen-bond acceptors (Lipinski definition) is 7. The Bertz CT molecular complexity index is 1050. The van der Waals surface area contributed by atoms with E-state index < -0.39 is 18.7 Å². The number of piperidine rings is 1. The van der Waals surface area contributed by atoms with Crippen LogP contribution in [0.4, 0.5) is 15.8 Å². The van der Waals surface area contributed by atoms with Gasteiger partial charge in [-0.1, -0.05) is 11.6 Å². The number of ether oxygens (including phenoxy) is 2. The zero-order valence-corrected chi connectivity index (χ0v) is 18.4. The Labute approximate surface area is 192 Å². The highest BCUT2D eigenvalue weighted by Gasteiger charge is 2.45. The number of alkyl halides is 1. The van der Waals surface area contributed by atoms with Crippen LogP contribution in [-0.4, -0.2) is 61.3 Å². The molecule has 11 heteroatoms. The minimum atomic E-state index is -1.20. The molecule has 0 bridgehead atoms. The second-order valence-corrected chi connectivity index (χ2v) is 9.60. The third-order valence-corrected chi connectivity index (χ3v) is 7.12. The summed E-state index contributed by atoms with van der Waals surface area (Å²) in [4.78, 5) is 28.3. The van der Waals surface area contributed by atoms with E-state index in [1.54, 1.807) is 40.1 Å². The van der Waals surface area contributed by atoms with Crippen LogP contribution >= 0.6 is 22.9 Å². The molecule has 2 saturated heterocycles. The number of fused-ring (bicyclic) bond motifs is 3. The van der Waals surface area contributed by atoms with Crippen molar-refractivity contribution in [2.24, 2.45) is 0 Å². The third-order valence-electron chi connectivity index (χ3n) is 5.89. The highest BCUT2D eigenvalue weighted by atomic mass is 35.5. The number of carbonyl (C=O) groups excluding carboxylic acids is 2. The fourth-order valence-corrected chi connectivity index (χ4v) is 5.24. The van der Waals surface area contributed by atoms with Gasteiger partial charge in [0.1, 0.15) is 24.6 Å². The van der Waals surface area contributed by atoms with Crippen molar-refractivity contribution in [2.75, 3.05) is 29.5 Å². The second-order valence-electron chi connectivity index (χ2n) is 7.89. The van der Waals surface area contributed by atoms with Gasteiger partial charge in [-0.3, -0.25) is 9.59 Å². The Balaban J connectivity index is 1.29. The van der Waals surface area contributed by atoms with Gasteiger partial charge in [-0.2, -0.15) is 0 Å². The Morgan fingerprint density at radius 1 is 1.34 bits per heavy atom. The van der Waals surface area contributed by atoms with E-state index >= 15 is 0 Å². The first kappa shape index (κ1) is 21.4. The summed E-state index contributed by atoms with van der Waals surface area (Å²) in [6.45, 7) is 0.740. The topological polar surface area (TPSA) is 91.3 Å². The number of nitrogens with one attached hydrogen (secondary N) is 1. The number of aliphatic hydroxyl groups excluding tert-OH is 1. The van der Waals surface area contributed by atoms with Crippen molar-refractivity contribution in [1.29, 1.82) is 0 Å². The predicted octanol–water partition coefficient (Wildman–Crippen LogP) is 2.54. The number of hydrogen-bond donors (Lipinski definition) is 2. The number of amides is 2. The molecule has 8 nitrogen and oxygen atoms in total. The van der Waals surface area contributed by atoms with E-state index in [0.29, 0.717) is 39.3 Å². The number of rotatable bonds is 4. The fourth-order valence-electron chi connectivity index (χ4n) is 4.29. The van der Waals surface area contributed by atoms with Gasteiger partial charge in [-0.25, -0.2) is 4.39 Å². The molecular weight excluding hydrogens is 461 g/mol. The van der Waals surface area contributed by atoms with Crippen LogP contribution in [0.15, 0.2) is 30.3 Å². The number of carbonyl (C=O) groups is 2. The summed E-state index contributed by atoms with van der Waals surface area (Å²) in [5.74, 6) is -0.0128. The lowest BCUT2D eigenvalue weighted by Crippen LogP contribution is -2.48. The van der Waals surface area contributed by atoms with Gasteiger partial charge >= 0.3 is 0 Å². The second kappa shape index (κ2) is 8.51. The zero-order chi connectivity index (χ0) is 22.4. The number of nitrogens with zero attached hydrogens (tertiary/aromatic N) is 2. The lowest BCUT2D eigenvalue weighted by atomic mass is 10.1. The van der Waals surface area contributed by atoms with Crippen LogP contribution in [0.5, 0.6) is 5.75 Å². The maximum absolute atomic E-state index is 13.5. The lowest BCUT2D eigenvalue weighted by Gasteiger charge is -2.36. The summed E-state index contributed by atoms with van der Waals surface area (Å²) in [5, 5.41) is 13.3. The van der Waals surface area contributed by atoms with Gasteiger partial charge in [-0.15, -0.1) is 11.3 Å². The van der Waals surface area contributed by atoms with Crippen molar-refractivity contribution < 1.29 is 28.6 Å². The molecule has 2 N–H and O–H groups in total. The number of anilines is 2. The van der Waals surface area contributed by atoms with Crippen LogP contribution < -0.4 is 19.9 Å². The molecule has 0 radical (unpaired) electrons. The number of aliphatic hydroxyl groups is 1. The normalized spacial score (nSPS) is 27.0. The summed E-state index contributed by atoms with van der Waals surface area (Å²) in [7, 11) is 0. The number of halogens is 2. The SMILES string of the molecule is O=C(NC[C@@H]1OC(O)N2c3ccc(N4CC[C@@H](F)CC4=O)cc3OC[C@@H]12)c1ccc(Cl)s1. The average molecular weight is 482 g/mol. The Morgan fingerprint density at radius 3 is 2.94 bits per heavy atom. The Kier molecular flexibility index (Phi) is 5.70. The van der Waals surface area contributed by atoms with E-state index in [4.69, 9.17) is 21.1 Å². The smallest absolute Gasteiger partial charge is 0.261 e. The van der Waals surface area contributed by atoms with Gasteiger partial charge in [0.15, 0.2) is 0 Å². The summed E-state index contributed by atoms with van der Waals surface area (Å²) in [6.07, 6.45) is -2.60. The van der Waals surface area contributed by atoms with Crippen molar-refractivity contribution in [3.63, 3.8) is 0 Å². The Hall–Kier alpha value is -2.40. The molecule has 1 unspecified atom stereocenters. The molecular formula is C21H21ClFN3O5S. The van der Waals surface area contributed by atoms with Crippen LogP contribution in [0.25, 0.3) is 0 Å². The summed E-state index contributed by atoms with van der Waals surface area (Å²) in [6, 6.07) is 8.24. The molecule has 0 aliphatic carbocycles. The first-order valence-electron chi connectivity index (χ1n) is 10.3. The minimum absolute atomic E-state index is 0.121. The molecule has 1 aromatic heterocycles. The maximum atomic E-state index is 13.5. The molecule has 170 valence electrons. The molecule has 3 aliphatic rings. The van der Waals surface area contributed by atoms with Crippen molar-refractivity contribution in [1.82, 2.24) is 5.32 Å². The molecule has 32 heavy (non-hydrogen) atoms. The monoisotopic (exact) mass is 481 g/mol. The molecule has 4 atom stereocenters. The lowest BCUT2D eigenvalue weighted by molar-refractivity contribution is -0.120. The summed E-state index contributed by atoms with van der Waals surface area (Å²) >= 11 is 7.07. The standard InChI is InChI=1S/C21H21ClFN3O5S/c22-18-4-3-17(32-18)20(28)24-9-16-14-10-30-15-8-12(25-6-5-11(23)7-19(25)27)1-2-13(15)26(14)21(29)31-16/h1-4,8,11,14,16,21,29H,5-7,9-10H2,(H,24,28)/t11-,14+,16+,21?/m1/s1. The molecule has 0 saturated carbocycles. The molecule has 4 heterocycles. The largest absolute Gasteiger partial charge is 0.489 e. The van der Waals surface area contributed by atoms with Crippen molar-refractivity contribution >= 4 is 46.1 Å². The summed E-state index contributed by atoms with van der Waals surface area (Å²) in [5.41, 5.74) is 1.26. The first-order valence-corrected chi connectivity index (χ1v) is 11.5. The van der Waals surface area contributed by atoms with Crippen LogP contribution in [-0.2, 0) is 9.53 Å².